The zero-order chi connectivity index (χ0) is 19.2. The van der Waals surface area contributed by atoms with Crippen LogP contribution in [0.5, 0.6) is 5.75 Å². The third-order valence-corrected chi connectivity index (χ3v) is 3.80. The summed E-state index contributed by atoms with van der Waals surface area (Å²) < 4.78 is 5.25. The number of fused-ring (bicyclic) bond motifs is 1. The number of aromatic nitrogens is 1. The average Bonchev–Trinajstić information content (AvgIpc) is 2.66. The number of ether oxygens (including phenoxy) is 1. The van der Waals surface area contributed by atoms with Gasteiger partial charge in [-0.3, -0.25) is 9.59 Å². The van der Waals surface area contributed by atoms with Gasteiger partial charge in [0, 0.05) is 24.1 Å². The molecule has 2 N–H and O–H groups in total. The van der Waals surface area contributed by atoms with Gasteiger partial charge in [-0.1, -0.05) is 24.3 Å². The number of hydrogen-bond donors (Lipinski definition) is 2. The lowest BCUT2D eigenvalue weighted by atomic mass is 10.2. The minimum absolute atomic E-state index is 0.195. The summed E-state index contributed by atoms with van der Waals surface area (Å²) in [4.78, 5) is 28.0. The molecule has 1 heterocycles. The number of rotatable bonds is 5. The van der Waals surface area contributed by atoms with Crippen molar-refractivity contribution in [2.45, 2.75) is 6.92 Å². The van der Waals surface area contributed by atoms with E-state index < -0.39 is 0 Å². The molecule has 1 aromatic heterocycles. The summed E-state index contributed by atoms with van der Waals surface area (Å²) in [5, 5.41) is 6.46. The number of carbonyl (C=O) groups excluding carboxylic acids is 2. The van der Waals surface area contributed by atoms with E-state index in [1.165, 1.54) is 20.1 Å². The summed E-state index contributed by atoms with van der Waals surface area (Å²) in [6, 6.07) is 16.6. The maximum absolute atomic E-state index is 12.3. The molecule has 27 heavy (non-hydrogen) atoms. The number of nitrogens with zero attached hydrogens (tertiary/aromatic N) is 1. The monoisotopic (exact) mass is 361 g/mol. The van der Waals surface area contributed by atoms with Crippen LogP contribution in [0.1, 0.15) is 12.6 Å². The Labute approximate surface area is 156 Å². The number of anilines is 2. The first-order valence-corrected chi connectivity index (χ1v) is 8.35. The Bertz CT molecular complexity index is 1030. The van der Waals surface area contributed by atoms with Crippen LogP contribution in [-0.2, 0) is 9.59 Å². The zero-order valence-electron chi connectivity index (χ0n) is 15.0. The summed E-state index contributed by atoms with van der Waals surface area (Å²) in [7, 11) is 1.51. The highest BCUT2D eigenvalue weighted by molar-refractivity contribution is 6.03. The first kappa shape index (κ1) is 18.1. The number of benzene rings is 2. The highest BCUT2D eigenvalue weighted by Crippen LogP contribution is 2.28. The maximum atomic E-state index is 12.3. The Morgan fingerprint density at radius 1 is 1.04 bits per heavy atom. The molecule has 0 spiro atoms. The molecule has 0 aliphatic rings. The van der Waals surface area contributed by atoms with Crippen molar-refractivity contribution >= 4 is 40.2 Å². The highest BCUT2D eigenvalue weighted by Gasteiger charge is 2.08. The second kappa shape index (κ2) is 8.14. The van der Waals surface area contributed by atoms with Gasteiger partial charge in [0.1, 0.15) is 5.75 Å². The van der Waals surface area contributed by atoms with E-state index in [-0.39, 0.29) is 11.8 Å². The van der Waals surface area contributed by atoms with Gasteiger partial charge in [0.25, 0.3) is 0 Å². The normalized spacial score (nSPS) is 10.7. The van der Waals surface area contributed by atoms with Gasteiger partial charge in [-0.15, -0.1) is 0 Å². The lowest BCUT2D eigenvalue weighted by Gasteiger charge is -2.11. The third-order valence-electron chi connectivity index (χ3n) is 3.80. The van der Waals surface area contributed by atoms with Crippen LogP contribution in [0.2, 0.25) is 0 Å². The van der Waals surface area contributed by atoms with E-state index in [2.05, 4.69) is 15.6 Å². The van der Waals surface area contributed by atoms with Crippen molar-refractivity contribution < 1.29 is 14.3 Å². The number of hydrogen-bond acceptors (Lipinski definition) is 4. The minimum Gasteiger partial charge on any atom is -0.495 e. The first-order valence-electron chi connectivity index (χ1n) is 8.35. The largest absolute Gasteiger partial charge is 0.495 e. The van der Waals surface area contributed by atoms with Crippen molar-refractivity contribution in [3.63, 3.8) is 0 Å². The van der Waals surface area contributed by atoms with Gasteiger partial charge in [0.2, 0.25) is 11.8 Å². The number of carbonyl (C=O) groups is 2. The van der Waals surface area contributed by atoms with Crippen molar-refractivity contribution in [1.29, 1.82) is 0 Å². The first-order chi connectivity index (χ1) is 13.0. The van der Waals surface area contributed by atoms with Gasteiger partial charge in [-0.05, 0) is 36.4 Å². The summed E-state index contributed by atoms with van der Waals surface area (Å²) >= 11 is 0. The Kier molecular flexibility index (Phi) is 5.47. The van der Waals surface area contributed by atoms with E-state index in [9.17, 15) is 9.59 Å². The fourth-order valence-electron chi connectivity index (χ4n) is 2.60. The number of amides is 2. The molecule has 136 valence electrons. The van der Waals surface area contributed by atoms with E-state index in [1.807, 2.05) is 36.4 Å². The summed E-state index contributed by atoms with van der Waals surface area (Å²) in [6.45, 7) is 1.42. The predicted octanol–water partition coefficient (Wildman–Crippen LogP) is 3.85. The standard InChI is InChI=1S/C21H19N3O3/c1-14(25)22-17-9-11-20(27-2)19(13-17)24-21(26)12-10-16-8-7-15-5-3-4-6-18(15)23-16/h3-13H,1-2H3,(H,22,25)(H,24,26)/b12-10+. The molecule has 0 aliphatic carbocycles. The molecule has 2 aromatic carbocycles. The highest BCUT2D eigenvalue weighted by atomic mass is 16.5. The molecule has 3 rings (SSSR count). The van der Waals surface area contributed by atoms with Gasteiger partial charge in [0.15, 0.2) is 0 Å². The Hall–Kier alpha value is -3.67. The molecular formula is C21H19N3O3. The van der Waals surface area contributed by atoms with Crippen molar-refractivity contribution in [3.8, 4) is 5.75 Å². The Morgan fingerprint density at radius 3 is 2.63 bits per heavy atom. The van der Waals surface area contributed by atoms with Crippen LogP contribution in [0.25, 0.3) is 17.0 Å². The van der Waals surface area contributed by atoms with Crippen LogP contribution in [0.3, 0.4) is 0 Å². The summed E-state index contributed by atoms with van der Waals surface area (Å²) in [5.74, 6) is -0.0300. The second-order valence-corrected chi connectivity index (χ2v) is 5.85. The molecule has 0 aliphatic heterocycles. The van der Waals surface area contributed by atoms with Gasteiger partial charge in [-0.2, -0.15) is 0 Å². The third kappa shape index (κ3) is 4.70. The number of pyridine rings is 1. The molecule has 0 unspecified atom stereocenters. The average molecular weight is 361 g/mol. The maximum Gasteiger partial charge on any atom is 0.248 e. The van der Waals surface area contributed by atoms with Crippen LogP contribution in [-0.4, -0.2) is 23.9 Å². The molecule has 0 fully saturated rings. The van der Waals surface area contributed by atoms with Crippen LogP contribution in [0.4, 0.5) is 11.4 Å². The molecule has 0 bridgehead atoms. The Morgan fingerprint density at radius 2 is 1.85 bits per heavy atom. The predicted molar refractivity (Wildman–Crippen MR) is 107 cm³/mol. The summed E-state index contributed by atoms with van der Waals surface area (Å²) in [5.41, 5.74) is 2.58. The van der Waals surface area contributed by atoms with Gasteiger partial charge < -0.3 is 15.4 Å². The number of para-hydroxylation sites is 1. The molecule has 0 radical (unpaired) electrons. The van der Waals surface area contributed by atoms with Crippen molar-refractivity contribution in [2.75, 3.05) is 17.7 Å². The molecular weight excluding hydrogens is 342 g/mol. The van der Waals surface area contributed by atoms with Crippen LogP contribution < -0.4 is 15.4 Å². The second-order valence-electron chi connectivity index (χ2n) is 5.85. The molecule has 0 atom stereocenters. The molecule has 0 saturated carbocycles. The van der Waals surface area contributed by atoms with Crippen molar-refractivity contribution in [2.24, 2.45) is 0 Å². The van der Waals surface area contributed by atoms with Crippen LogP contribution >= 0.6 is 0 Å². The fraction of sp³-hybridized carbons (Fsp3) is 0.0952. The molecule has 0 saturated heterocycles. The van der Waals surface area contributed by atoms with Gasteiger partial charge in [0.05, 0.1) is 24.0 Å². The van der Waals surface area contributed by atoms with E-state index in [4.69, 9.17) is 4.74 Å². The number of methoxy groups -OCH3 is 1. The van der Waals surface area contributed by atoms with E-state index in [0.717, 1.165) is 10.9 Å². The smallest absolute Gasteiger partial charge is 0.248 e. The molecule has 3 aromatic rings. The quantitative estimate of drug-likeness (QED) is 0.677. The van der Waals surface area contributed by atoms with Crippen molar-refractivity contribution in [3.05, 3.63) is 66.4 Å². The topological polar surface area (TPSA) is 80.3 Å². The lowest BCUT2D eigenvalue weighted by molar-refractivity contribution is -0.114. The molecule has 2 amide bonds. The zero-order valence-corrected chi connectivity index (χ0v) is 15.0. The van der Waals surface area contributed by atoms with E-state index in [1.54, 1.807) is 24.3 Å². The Balaban J connectivity index is 1.75. The molecule has 6 heteroatoms. The van der Waals surface area contributed by atoms with Gasteiger partial charge >= 0.3 is 0 Å². The van der Waals surface area contributed by atoms with Gasteiger partial charge in [-0.25, -0.2) is 4.98 Å². The number of nitrogens with one attached hydrogen (secondary N) is 2. The van der Waals surface area contributed by atoms with E-state index in [0.29, 0.717) is 22.8 Å². The molecule has 6 nitrogen and oxygen atoms in total. The van der Waals surface area contributed by atoms with Crippen LogP contribution in [0, 0.1) is 0 Å². The van der Waals surface area contributed by atoms with E-state index >= 15 is 0 Å². The fourth-order valence-corrected chi connectivity index (χ4v) is 2.60. The van der Waals surface area contributed by atoms with Crippen molar-refractivity contribution in [1.82, 2.24) is 4.98 Å². The minimum atomic E-state index is -0.330. The van der Waals surface area contributed by atoms with Crippen LogP contribution in [0.15, 0.2) is 60.7 Å². The SMILES string of the molecule is COc1ccc(NC(C)=O)cc1NC(=O)/C=C/c1ccc2ccccc2n1. The lowest BCUT2D eigenvalue weighted by Crippen LogP contribution is -2.11. The summed E-state index contributed by atoms with van der Waals surface area (Å²) in [6.07, 6.45) is 3.05.